The Labute approximate surface area is 98.8 Å². The van der Waals surface area contributed by atoms with Crippen LogP contribution in [0, 0.1) is 17.5 Å². The molecule has 0 bridgehead atoms. The zero-order valence-corrected chi connectivity index (χ0v) is 8.82. The van der Waals surface area contributed by atoms with Gasteiger partial charge in [0.05, 0.1) is 0 Å². The summed E-state index contributed by atoms with van der Waals surface area (Å²) in [5.41, 5.74) is 9.85. The molecule has 0 saturated heterocycles. The Balaban J connectivity index is 2.59. The molecule has 2 rings (SSSR count). The first kappa shape index (κ1) is 12.0. The fourth-order valence-corrected chi connectivity index (χ4v) is 1.39. The first-order valence-corrected chi connectivity index (χ1v) is 4.70. The largest absolute Gasteiger partial charge is 0.382 e. The Morgan fingerprint density at radius 2 is 1.78 bits per heavy atom. The number of carbonyl (C=O) groups is 1. The molecule has 4 N–H and O–H groups in total. The zero-order valence-electron chi connectivity index (χ0n) is 8.82. The Hall–Kier alpha value is -2.51. The second-order valence-corrected chi connectivity index (χ2v) is 3.45. The molecule has 0 spiro atoms. The lowest BCUT2D eigenvalue weighted by Crippen LogP contribution is -2.11. The SMILES string of the molecule is NC(=O)c1cn(-c2cc(F)c(F)cc2F)nc1N. The standard InChI is InChI=1S/C10H7F3N4O/c11-5-1-7(13)8(2-6(5)12)17-3-4(10(15)18)9(14)16-17/h1-3H,(H2,14,16)(H2,15,18). The van der Waals surface area contributed by atoms with Crippen LogP contribution in [0.15, 0.2) is 18.3 Å². The van der Waals surface area contributed by atoms with Crippen molar-refractivity contribution >= 4 is 11.7 Å². The third-order valence-electron chi connectivity index (χ3n) is 2.24. The van der Waals surface area contributed by atoms with Crippen LogP contribution in [0.3, 0.4) is 0 Å². The molecule has 1 aromatic carbocycles. The van der Waals surface area contributed by atoms with Gasteiger partial charge in [-0.1, -0.05) is 0 Å². The highest BCUT2D eigenvalue weighted by Crippen LogP contribution is 2.19. The molecule has 0 fully saturated rings. The third-order valence-corrected chi connectivity index (χ3v) is 2.24. The molecular weight excluding hydrogens is 249 g/mol. The van der Waals surface area contributed by atoms with Crippen molar-refractivity contribution in [1.29, 1.82) is 0 Å². The van der Waals surface area contributed by atoms with E-state index < -0.39 is 23.4 Å². The van der Waals surface area contributed by atoms with E-state index in [1.54, 1.807) is 0 Å². The highest BCUT2D eigenvalue weighted by Gasteiger charge is 2.16. The number of anilines is 1. The number of nitrogens with two attached hydrogens (primary N) is 2. The number of amides is 1. The van der Waals surface area contributed by atoms with Crippen LogP contribution < -0.4 is 11.5 Å². The van der Waals surface area contributed by atoms with Crippen LogP contribution in [-0.2, 0) is 0 Å². The minimum absolute atomic E-state index is 0.140. The van der Waals surface area contributed by atoms with E-state index in [-0.39, 0.29) is 17.1 Å². The van der Waals surface area contributed by atoms with Crippen LogP contribution in [0.1, 0.15) is 10.4 Å². The Morgan fingerprint density at radius 1 is 1.17 bits per heavy atom. The third kappa shape index (κ3) is 1.88. The van der Waals surface area contributed by atoms with E-state index in [0.717, 1.165) is 10.9 Å². The van der Waals surface area contributed by atoms with Crippen molar-refractivity contribution in [3.63, 3.8) is 0 Å². The van der Waals surface area contributed by atoms with Crippen molar-refractivity contribution in [3.8, 4) is 5.69 Å². The van der Waals surface area contributed by atoms with Gasteiger partial charge in [0.15, 0.2) is 23.3 Å². The maximum Gasteiger partial charge on any atom is 0.254 e. The topological polar surface area (TPSA) is 86.9 Å². The summed E-state index contributed by atoms with van der Waals surface area (Å²) >= 11 is 0. The fourth-order valence-electron chi connectivity index (χ4n) is 1.39. The number of nitrogens with zero attached hydrogens (tertiary/aromatic N) is 2. The number of primary amides is 1. The van der Waals surface area contributed by atoms with E-state index >= 15 is 0 Å². The van der Waals surface area contributed by atoms with Crippen LogP contribution >= 0.6 is 0 Å². The number of rotatable bonds is 2. The molecule has 0 aliphatic rings. The fraction of sp³-hybridized carbons (Fsp3) is 0. The maximum atomic E-state index is 13.4. The summed E-state index contributed by atoms with van der Waals surface area (Å²) in [6.45, 7) is 0. The zero-order chi connectivity index (χ0) is 13.4. The Bertz CT molecular complexity index is 638. The molecule has 0 aliphatic heterocycles. The van der Waals surface area contributed by atoms with Gasteiger partial charge in [-0.25, -0.2) is 17.9 Å². The minimum atomic E-state index is -1.33. The highest BCUT2D eigenvalue weighted by molar-refractivity contribution is 5.96. The Morgan fingerprint density at radius 3 is 2.33 bits per heavy atom. The molecule has 0 unspecified atom stereocenters. The van der Waals surface area contributed by atoms with E-state index in [9.17, 15) is 18.0 Å². The van der Waals surface area contributed by atoms with Crippen molar-refractivity contribution in [2.24, 2.45) is 5.73 Å². The predicted molar refractivity (Wildman–Crippen MR) is 56.4 cm³/mol. The highest BCUT2D eigenvalue weighted by atomic mass is 19.2. The molecule has 1 amide bonds. The minimum Gasteiger partial charge on any atom is -0.382 e. The van der Waals surface area contributed by atoms with Crippen molar-refractivity contribution in [2.75, 3.05) is 5.73 Å². The lowest BCUT2D eigenvalue weighted by molar-refractivity contribution is 0.100. The summed E-state index contributed by atoms with van der Waals surface area (Å²) in [6.07, 6.45) is 1.04. The first-order valence-electron chi connectivity index (χ1n) is 4.70. The lowest BCUT2D eigenvalue weighted by Gasteiger charge is -2.03. The van der Waals surface area contributed by atoms with Gasteiger partial charge >= 0.3 is 0 Å². The summed E-state index contributed by atoms with van der Waals surface area (Å²) in [5, 5.41) is 3.60. The van der Waals surface area contributed by atoms with Crippen LogP contribution in [0.25, 0.3) is 5.69 Å². The monoisotopic (exact) mass is 256 g/mol. The van der Waals surface area contributed by atoms with Crippen LogP contribution in [0.2, 0.25) is 0 Å². The maximum absolute atomic E-state index is 13.4. The average molecular weight is 256 g/mol. The van der Waals surface area contributed by atoms with Crippen molar-refractivity contribution < 1.29 is 18.0 Å². The summed E-state index contributed by atoms with van der Waals surface area (Å²) in [5.74, 6) is -4.71. The smallest absolute Gasteiger partial charge is 0.254 e. The summed E-state index contributed by atoms with van der Waals surface area (Å²) in [4.78, 5) is 10.9. The molecule has 0 aliphatic carbocycles. The molecule has 0 saturated carbocycles. The second-order valence-electron chi connectivity index (χ2n) is 3.45. The average Bonchev–Trinajstić information content (AvgIpc) is 2.65. The molecule has 8 heteroatoms. The molecule has 2 aromatic rings. The predicted octanol–water partition coefficient (Wildman–Crippen LogP) is 0.971. The lowest BCUT2D eigenvalue weighted by atomic mass is 10.3. The van der Waals surface area contributed by atoms with E-state index in [1.807, 2.05) is 0 Å². The normalized spacial score (nSPS) is 10.6. The van der Waals surface area contributed by atoms with Gasteiger partial charge in [-0.3, -0.25) is 4.79 Å². The summed E-state index contributed by atoms with van der Waals surface area (Å²) < 4.78 is 40.0. The van der Waals surface area contributed by atoms with Crippen molar-refractivity contribution in [3.05, 3.63) is 41.3 Å². The van der Waals surface area contributed by atoms with Crippen LogP contribution in [0.5, 0.6) is 0 Å². The van der Waals surface area contributed by atoms with E-state index in [2.05, 4.69) is 5.10 Å². The van der Waals surface area contributed by atoms with Gasteiger partial charge in [0.2, 0.25) is 0 Å². The van der Waals surface area contributed by atoms with Gasteiger partial charge < -0.3 is 11.5 Å². The second kappa shape index (κ2) is 4.06. The number of hydrogen-bond acceptors (Lipinski definition) is 3. The quantitative estimate of drug-likeness (QED) is 0.785. The van der Waals surface area contributed by atoms with Crippen molar-refractivity contribution in [2.45, 2.75) is 0 Å². The first-order chi connectivity index (χ1) is 8.40. The van der Waals surface area contributed by atoms with Gasteiger partial charge in [0.1, 0.15) is 11.3 Å². The van der Waals surface area contributed by atoms with E-state index in [1.165, 1.54) is 0 Å². The molecule has 1 aromatic heterocycles. The van der Waals surface area contributed by atoms with Crippen LogP contribution in [0.4, 0.5) is 19.0 Å². The number of halogens is 3. The molecule has 0 atom stereocenters. The molecule has 0 radical (unpaired) electrons. The Kier molecular flexibility index (Phi) is 2.70. The number of benzene rings is 1. The molecule has 94 valence electrons. The van der Waals surface area contributed by atoms with Crippen molar-refractivity contribution in [1.82, 2.24) is 9.78 Å². The number of nitrogen functional groups attached to an aromatic ring is 1. The summed E-state index contributed by atoms with van der Waals surface area (Å²) in [6, 6.07) is 0.967. The van der Waals surface area contributed by atoms with Gasteiger partial charge in [0.25, 0.3) is 5.91 Å². The molecule has 18 heavy (non-hydrogen) atoms. The number of hydrogen-bond donors (Lipinski definition) is 2. The van der Waals surface area contributed by atoms with E-state index in [0.29, 0.717) is 12.1 Å². The summed E-state index contributed by atoms with van der Waals surface area (Å²) in [7, 11) is 0. The van der Waals surface area contributed by atoms with Gasteiger partial charge in [-0.15, -0.1) is 5.10 Å². The van der Waals surface area contributed by atoms with Crippen LogP contribution in [-0.4, -0.2) is 15.7 Å². The van der Waals surface area contributed by atoms with Gasteiger partial charge in [-0.2, -0.15) is 0 Å². The molecule has 1 heterocycles. The van der Waals surface area contributed by atoms with E-state index in [4.69, 9.17) is 11.5 Å². The molecular formula is C10H7F3N4O. The van der Waals surface area contributed by atoms with Gasteiger partial charge in [-0.05, 0) is 0 Å². The number of carbonyl (C=O) groups excluding carboxylic acids is 1. The van der Waals surface area contributed by atoms with Gasteiger partial charge in [0, 0.05) is 18.3 Å². The number of aromatic nitrogens is 2. The molecule has 5 nitrogen and oxygen atoms in total.